The van der Waals surface area contributed by atoms with Gasteiger partial charge in [-0.15, -0.1) is 0 Å². The number of benzene rings is 9. The highest BCUT2D eigenvalue weighted by Crippen LogP contribution is 2.51. The van der Waals surface area contributed by atoms with Crippen LogP contribution in [0.1, 0.15) is 25.0 Å². The van der Waals surface area contributed by atoms with Crippen LogP contribution in [0.25, 0.3) is 71.3 Å². The predicted octanol–water partition coefficient (Wildman–Crippen LogP) is 14.5. The van der Waals surface area contributed by atoms with Gasteiger partial charge in [-0.1, -0.05) is 147 Å². The number of aromatic nitrogens is 1. The fraction of sp³-hybridized carbons (Fsp3) is 0.0566. The fourth-order valence-electron chi connectivity index (χ4n) is 9.26. The highest BCUT2D eigenvalue weighted by molar-refractivity contribution is 6.13. The highest BCUT2D eigenvalue weighted by atomic mass is 15.1. The van der Waals surface area contributed by atoms with Crippen LogP contribution in [0.2, 0.25) is 0 Å². The lowest BCUT2D eigenvalue weighted by atomic mass is 9.82. The summed E-state index contributed by atoms with van der Waals surface area (Å²) in [5.74, 6) is 0. The van der Waals surface area contributed by atoms with Crippen molar-refractivity contribution in [1.29, 1.82) is 0 Å². The first kappa shape index (κ1) is 31.6. The summed E-state index contributed by atoms with van der Waals surface area (Å²) in [6.07, 6.45) is 0. The van der Waals surface area contributed by atoms with Crippen LogP contribution in [-0.4, -0.2) is 4.57 Å². The third kappa shape index (κ3) is 4.81. The first-order chi connectivity index (χ1) is 27.0. The Labute approximate surface area is 321 Å². The number of rotatable bonds is 5. The molecule has 0 aliphatic heterocycles. The molecule has 1 heterocycles. The molecule has 0 saturated heterocycles. The van der Waals surface area contributed by atoms with Crippen LogP contribution in [0.15, 0.2) is 194 Å². The van der Waals surface area contributed by atoms with Crippen molar-refractivity contribution in [2.24, 2.45) is 0 Å². The van der Waals surface area contributed by atoms with Crippen LogP contribution in [0.3, 0.4) is 0 Å². The lowest BCUT2D eigenvalue weighted by molar-refractivity contribution is 0.661. The second kappa shape index (κ2) is 12.1. The summed E-state index contributed by atoms with van der Waals surface area (Å²) in [5.41, 5.74) is 14.8. The van der Waals surface area contributed by atoms with E-state index in [1.54, 1.807) is 0 Å². The van der Waals surface area contributed by atoms with Crippen LogP contribution >= 0.6 is 0 Å². The lowest BCUT2D eigenvalue weighted by Gasteiger charge is -2.28. The zero-order valence-electron chi connectivity index (χ0n) is 30.9. The summed E-state index contributed by atoms with van der Waals surface area (Å²) in [5, 5.41) is 7.47. The Balaban J connectivity index is 1.10. The standard InChI is InChI=1S/C53H38N2/c1-53(2)47-22-12-10-18-41(47)45-33-46-44-21-11-13-23-49(44)55(52(46)34-48(45)53)51-31-30-50(42-19-8-9-20-43(42)51)54(39-16-4-3-5-17-39)40-28-26-36(27-29-40)38-25-24-35-14-6-7-15-37(35)32-38/h3-34H,1-2H3. The van der Waals surface area contributed by atoms with Crippen molar-refractivity contribution in [3.8, 4) is 27.9 Å². The van der Waals surface area contributed by atoms with Crippen LogP contribution in [0.5, 0.6) is 0 Å². The molecule has 11 rings (SSSR count). The molecule has 0 amide bonds. The molecule has 0 saturated carbocycles. The summed E-state index contributed by atoms with van der Waals surface area (Å²) < 4.78 is 2.50. The molecule has 1 aliphatic carbocycles. The van der Waals surface area contributed by atoms with E-state index in [-0.39, 0.29) is 5.41 Å². The van der Waals surface area contributed by atoms with Gasteiger partial charge in [0.25, 0.3) is 0 Å². The first-order valence-electron chi connectivity index (χ1n) is 19.2. The van der Waals surface area contributed by atoms with Gasteiger partial charge in [-0.3, -0.25) is 0 Å². The highest BCUT2D eigenvalue weighted by Gasteiger charge is 2.36. The Morgan fingerprint density at radius 3 is 1.89 bits per heavy atom. The van der Waals surface area contributed by atoms with Gasteiger partial charge in [0.15, 0.2) is 0 Å². The Kier molecular flexibility index (Phi) is 6.93. The minimum absolute atomic E-state index is 0.0899. The van der Waals surface area contributed by atoms with Crippen molar-refractivity contribution in [1.82, 2.24) is 4.57 Å². The van der Waals surface area contributed by atoms with Gasteiger partial charge in [0.2, 0.25) is 0 Å². The van der Waals surface area contributed by atoms with Crippen molar-refractivity contribution in [3.05, 3.63) is 205 Å². The molecule has 55 heavy (non-hydrogen) atoms. The minimum atomic E-state index is -0.0899. The molecule has 0 unspecified atom stereocenters. The predicted molar refractivity (Wildman–Crippen MR) is 233 cm³/mol. The maximum atomic E-state index is 2.50. The topological polar surface area (TPSA) is 8.17 Å². The molecule has 1 aliphatic rings. The van der Waals surface area contributed by atoms with Gasteiger partial charge in [0.1, 0.15) is 0 Å². The monoisotopic (exact) mass is 702 g/mol. The molecule has 0 fully saturated rings. The van der Waals surface area contributed by atoms with Crippen molar-refractivity contribution in [3.63, 3.8) is 0 Å². The SMILES string of the molecule is CC1(C)c2ccccc2-c2cc3c4ccccc4n(-c4ccc(N(c5ccccc5)c5ccc(-c6ccc7ccccc7c6)cc5)c5ccccc45)c3cc21. The van der Waals surface area contributed by atoms with Gasteiger partial charge in [-0.25, -0.2) is 0 Å². The van der Waals surface area contributed by atoms with Gasteiger partial charge in [0, 0.05) is 38.3 Å². The largest absolute Gasteiger partial charge is 0.310 e. The third-order valence-corrected chi connectivity index (χ3v) is 12.0. The van der Waals surface area contributed by atoms with Crippen molar-refractivity contribution < 1.29 is 0 Å². The number of hydrogen-bond donors (Lipinski definition) is 0. The third-order valence-electron chi connectivity index (χ3n) is 12.0. The van der Waals surface area contributed by atoms with Gasteiger partial charge < -0.3 is 9.47 Å². The second-order valence-corrected chi connectivity index (χ2v) is 15.4. The van der Waals surface area contributed by atoms with E-state index >= 15 is 0 Å². The molecule has 9 aromatic carbocycles. The van der Waals surface area contributed by atoms with Crippen molar-refractivity contribution >= 4 is 60.4 Å². The summed E-state index contributed by atoms with van der Waals surface area (Å²) >= 11 is 0. The molecule has 1 aromatic heterocycles. The summed E-state index contributed by atoms with van der Waals surface area (Å²) in [7, 11) is 0. The zero-order chi connectivity index (χ0) is 36.7. The van der Waals surface area contributed by atoms with E-state index in [0.29, 0.717) is 0 Å². The second-order valence-electron chi connectivity index (χ2n) is 15.4. The normalized spacial score (nSPS) is 13.1. The molecule has 2 nitrogen and oxygen atoms in total. The van der Waals surface area contributed by atoms with Crippen LogP contribution < -0.4 is 4.90 Å². The first-order valence-corrected chi connectivity index (χ1v) is 19.2. The molecule has 2 heteroatoms. The lowest BCUT2D eigenvalue weighted by Crippen LogP contribution is -2.15. The molecular formula is C53H38N2. The summed E-state index contributed by atoms with van der Waals surface area (Å²) in [4.78, 5) is 2.40. The zero-order valence-corrected chi connectivity index (χ0v) is 30.9. The van der Waals surface area contributed by atoms with Crippen molar-refractivity contribution in [2.45, 2.75) is 19.3 Å². The van der Waals surface area contributed by atoms with E-state index in [9.17, 15) is 0 Å². The molecule has 0 spiro atoms. The van der Waals surface area contributed by atoms with Crippen LogP contribution in [-0.2, 0) is 5.41 Å². The summed E-state index contributed by atoms with van der Waals surface area (Å²) in [6, 6.07) is 71.3. The smallest absolute Gasteiger partial charge is 0.0544 e. The molecule has 10 aromatic rings. The minimum Gasteiger partial charge on any atom is -0.310 e. The van der Waals surface area contributed by atoms with Gasteiger partial charge in [-0.2, -0.15) is 0 Å². The van der Waals surface area contributed by atoms with Crippen molar-refractivity contribution in [2.75, 3.05) is 4.90 Å². The van der Waals surface area contributed by atoms with E-state index in [4.69, 9.17) is 0 Å². The van der Waals surface area contributed by atoms with E-state index in [2.05, 4.69) is 217 Å². The maximum Gasteiger partial charge on any atom is 0.0544 e. The molecular weight excluding hydrogens is 665 g/mol. The van der Waals surface area contributed by atoms with E-state index in [0.717, 1.165) is 17.1 Å². The van der Waals surface area contributed by atoms with Gasteiger partial charge >= 0.3 is 0 Å². The number of nitrogens with zero attached hydrogens (tertiary/aromatic N) is 2. The van der Waals surface area contributed by atoms with Crippen LogP contribution in [0, 0.1) is 0 Å². The van der Waals surface area contributed by atoms with Crippen LogP contribution in [0.4, 0.5) is 17.1 Å². The van der Waals surface area contributed by atoms with Gasteiger partial charge in [0.05, 0.1) is 22.4 Å². The molecule has 0 bridgehead atoms. The number of hydrogen-bond acceptors (Lipinski definition) is 1. The average Bonchev–Trinajstić information content (AvgIpc) is 3.68. The Morgan fingerprint density at radius 2 is 1.05 bits per heavy atom. The van der Waals surface area contributed by atoms with E-state index in [1.165, 1.54) is 82.4 Å². The number of fused-ring (bicyclic) bond motifs is 8. The van der Waals surface area contributed by atoms with Gasteiger partial charge in [-0.05, 0) is 105 Å². The quantitative estimate of drug-likeness (QED) is 0.173. The fourth-order valence-corrected chi connectivity index (χ4v) is 9.26. The Morgan fingerprint density at radius 1 is 0.400 bits per heavy atom. The molecule has 0 N–H and O–H groups in total. The number of anilines is 3. The van der Waals surface area contributed by atoms with E-state index < -0.39 is 0 Å². The Hall–Kier alpha value is -6.90. The molecule has 0 atom stereocenters. The maximum absolute atomic E-state index is 2.50. The molecule has 0 radical (unpaired) electrons. The average molecular weight is 703 g/mol. The number of para-hydroxylation sites is 2. The Bertz CT molecular complexity index is 3110. The summed E-state index contributed by atoms with van der Waals surface area (Å²) in [6.45, 7) is 4.74. The van der Waals surface area contributed by atoms with E-state index in [1.807, 2.05) is 0 Å². The molecule has 260 valence electrons.